The van der Waals surface area contributed by atoms with Gasteiger partial charge >= 0.3 is 13.8 Å². The first-order chi connectivity index (χ1) is 20.3. The fourth-order valence-electron chi connectivity index (χ4n) is 4.65. The number of aliphatic hydroxyl groups is 1. The zero-order chi connectivity index (χ0) is 31.2. The Morgan fingerprint density at radius 1 is 0.643 bits per heavy atom. The van der Waals surface area contributed by atoms with E-state index in [4.69, 9.17) is 13.8 Å². The number of carbonyl (C=O) groups excluding carboxylic acids is 2. The average Bonchev–Trinajstić information content (AvgIpc) is 2.97. The summed E-state index contributed by atoms with van der Waals surface area (Å²) in [5, 5.41) is 12.4. The van der Waals surface area contributed by atoms with E-state index >= 15 is 0 Å². The predicted octanol–water partition coefficient (Wildman–Crippen LogP) is 8.15. The number of rotatable bonds is 32. The summed E-state index contributed by atoms with van der Waals surface area (Å²) in [6, 6.07) is 0. The molecule has 0 fully saturated rings. The third-order valence-electron chi connectivity index (χ3n) is 7.29. The van der Waals surface area contributed by atoms with E-state index in [9.17, 15) is 24.2 Å². The molecule has 3 N–H and O–H groups in total. The molecule has 2 unspecified atom stereocenters. The number of amides is 1. The van der Waals surface area contributed by atoms with Gasteiger partial charge in [0.1, 0.15) is 12.7 Å². The second-order valence-electron chi connectivity index (χ2n) is 11.5. The molecule has 0 aliphatic carbocycles. The molecule has 0 bridgehead atoms. The number of aliphatic hydroxyl groups excluding tert-OH is 1. The number of phosphoric ester groups is 1. The van der Waals surface area contributed by atoms with Crippen LogP contribution >= 0.6 is 7.82 Å². The van der Waals surface area contributed by atoms with Crippen LogP contribution in [0.3, 0.4) is 0 Å². The fourth-order valence-corrected chi connectivity index (χ4v) is 5.41. The first kappa shape index (κ1) is 41.0. The fraction of sp³-hybridized carbons (Fsp3) is 0.938. The number of nitrogens with one attached hydrogen (secondary N) is 1. The van der Waals surface area contributed by atoms with Gasteiger partial charge < -0.3 is 20.1 Å². The van der Waals surface area contributed by atoms with Crippen LogP contribution in [0, 0.1) is 0 Å². The topological polar surface area (TPSA) is 131 Å². The van der Waals surface area contributed by atoms with Crippen molar-refractivity contribution in [3.63, 3.8) is 0 Å². The van der Waals surface area contributed by atoms with Gasteiger partial charge in [0.15, 0.2) is 0 Å². The van der Waals surface area contributed by atoms with Crippen molar-refractivity contribution in [2.45, 2.75) is 168 Å². The van der Waals surface area contributed by atoms with E-state index in [1.165, 1.54) is 103 Å². The maximum absolute atomic E-state index is 12.0. The zero-order valence-corrected chi connectivity index (χ0v) is 27.9. The lowest BCUT2D eigenvalue weighted by Crippen LogP contribution is -2.27. The van der Waals surface area contributed by atoms with Gasteiger partial charge in [-0.1, -0.05) is 136 Å². The summed E-state index contributed by atoms with van der Waals surface area (Å²) < 4.78 is 26.3. The molecule has 0 heterocycles. The highest BCUT2D eigenvalue weighted by Gasteiger charge is 2.23. The van der Waals surface area contributed by atoms with Crippen LogP contribution < -0.4 is 5.32 Å². The van der Waals surface area contributed by atoms with Gasteiger partial charge in [-0.05, 0) is 12.8 Å². The Morgan fingerprint density at radius 3 is 1.57 bits per heavy atom. The highest BCUT2D eigenvalue weighted by molar-refractivity contribution is 7.47. The molecule has 9 nitrogen and oxygen atoms in total. The van der Waals surface area contributed by atoms with Gasteiger partial charge in [0.05, 0.1) is 13.2 Å². The maximum Gasteiger partial charge on any atom is 0.472 e. The number of hydrogen-bond donors (Lipinski definition) is 3. The average molecular weight is 622 g/mol. The van der Waals surface area contributed by atoms with Crippen LogP contribution in [0.15, 0.2) is 0 Å². The molecule has 2 atom stereocenters. The molecule has 0 aliphatic heterocycles. The van der Waals surface area contributed by atoms with Crippen LogP contribution in [-0.2, 0) is 27.9 Å². The first-order valence-corrected chi connectivity index (χ1v) is 18.5. The molecule has 0 aromatic rings. The van der Waals surface area contributed by atoms with Gasteiger partial charge in [0.25, 0.3) is 0 Å². The van der Waals surface area contributed by atoms with Gasteiger partial charge in [-0.2, -0.15) is 0 Å². The van der Waals surface area contributed by atoms with Crippen LogP contribution in [0.1, 0.15) is 162 Å². The zero-order valence-electron chi connectivity index (χ0n) is 27.0. The summed E-state index contributed by atoms with van der Waals surface area (Å²) in [5.41, 5.74) is 0. The molecule has 0 spiro atoms. The van der Waals surface area contributed by atoms with Crippen molar-refractivity contribution in [3.8, 4) is 0 Å². The van der Waals surface area contributed by atoms with Crippen molar-refractivity contribution < 1.29 is 37.9 Å². The maximum atomic E-state index is 12.0. The molecule has 0 saturated carbocycles. The standard InChI is InChI=1S/C32H64NO8P/c1-3-5-7-8-9-10-11-12-13-14-15-16-17-18-19-20-21-22-23-24-31(35)33-26-27-40-42(37,38)41-29-30(34)28-39-32(36)25-6-4-2/h30,34H,3-29H2,1-2H3,(H,33,35)(H,37,38). The summed E-state index contributed by atoms with van der Waals surface area (Å²) in [6.45, 7) is 3.28. The Morgan fingerprint density at radius 2 is 1.10 bits per heavy atom. The molecular formula is C32H64NO8P. The number of esters is 1. The Balaban J connectivity index is 3.47. The third kappa shape index (κ3) is 30.5. The van der Waals surface area contributed by atoms with Crippen molar-refractivity contribution >= 4 is 19.7 Å². The molecule has 0 saturated heterocycles. The summed E-state index contributed by atoms with van der Waals surface area (Å²) in [7, 11) is -4.38. The summed E-state index contributed by atoms with van der Waals surface area (Å²) in [6.07, 6.45) is 25.9. The number of unbranched alkanes of at least 4 members (excludes halogenated alkanes) is 19. The molecule has 0 aromatic heterocycles. The SMILES string of the molecule is CCCCCCCCCCCCCCCCCCCCCC(=O)NCCOP(=O)(O)OCC(O)COC(=O)CCCC. The lowest BCUT2D eigenvalue weighted by Gasteiger charge is -2.15. The van der Waals surface area contributed by atoms with Crippen molar-refractivity contribution in [3.05, 3.63) is 0 Å². The Hall–Kier alpha value is -0.990. The summed E-state index contributed by atoms with van der Waals surface area (Å²) >= 11 is 0. The van der Waals surface area contributed by atoms with Gasteiger partial charge in [-0.3, -0.25) is 18.6 Å². The number of ether oxygens (including phenoxy) is 1. The van der Waals surface area contributed by atoms with Crippen LogP contribution in [0.5, 0.6) is 0 Å². The van der Waals surface area contributed by atoms with Gasteiger partial charge in [-0.15, -0.1) is 0 Å². The summed E-state index contributed by atoms with van der Waals surface area (Å²) in [4.78, 5) is 33.1. The molecule has 0 aliphatic rings. The normalized spacial score (nSPS) is 13.5. The highest BCUT2D eigenvalue weighted by Crippen LogP contribution is 2.42. The van der Waals surface area contributed by atoms with Gasteiger partial charge in [0, 0.05) is 19.4 Å². The van der Waals surface area contributed by atoms with Crippen molar-refractivity contribution in [1.82, 2.24) is 5.32 Å². The lowest BCUT2D eigenvalue weighted by atomic mass is 10.0. The van der Waals surface area contributed by atoms with Gasteiger partial charge in [-0.25, -0.2) is 4.57 Å². The molecule has 1 amide bonds. The Labute approximate surface area is 256 Å². The van der Waals surface area contributed by atoms with Crippen molar-refractivity contribution in [2.24, 2.45) is 0 Å². The molecule has 10 heteroatoms. The van der Waals surface area contributed by atoms with E-state index in [2.05, 4.69) is 12.2 Å². The predicted molar refractivity (Wildman–Crippen MR) is 169 cm³/mol. The third-order valence-corrected chi connectivity index (χ3v) is 8.27. The Kier molecular flexibility index (Phi) is 29.3. The monoisotopic (exact) mass is 621 g/mol. The molecule has 0 aromatic carbocycles. The number of carbonyl (C=O) groups is 2. The molecule has 0 radical (unpaired) electrons. The smallest absolute Gasteiger partial charge is 0.463 e. The van der Waals surface area contributed by atoms with Gasteiger partial charge in [0.2, 0.25) is 5.91 Å². The second-order valence-corrected chi connectivity index (χ2v) is 13.0. The van der Waals surface area contributed by atoms with E-state index in [0.29, 0.717) is 12.8 Å². The van der Waals surface area contributed by atoms with Crippen LogP contribution in [0.2, 0.25) is 0 Å². The molecule has 250 valence electrons. The molecule has 42 heavy (non-hydrogen) atoms. The number of hydrogen-bond acceptors (Lipinski definition) is 7. The van der Waals surface area contributed by atoms with Crippen LogP contribution in [0.4, 0.5) is 0 Å². The van der Waals surface area contributed by atoms with E-state index in [1.807, 2.05) is 6.92 Å². The largest absolute Gasteiger partial charge is 0.472 e. The van der Waals surface area contributed by atoms with E-state index in [0.717, 1.165) is 25.7 Å². The Bertz CT molecular complexity index is 679. The lowest BCUT2D eigenvalue weighted by molar-refractivity contribution is -0.147. The minimum atomic E-state index is -4.38. The second kappa shape index (κ2) is 30.1. The van der Waals surface area contributed by atoms with Crippen LogP contribution in [-0.4, -0.2) is 54.3 Å². The quantitative estimate of drug-likeness (QED) is 0.0390. The van der Waals surface area contributed by atoms with E-state index < -0.39 is 26.5 Å². The minimum Gasteiger partial charge on any atom is -0.463 e. The molecular weight excluding hydrogens is 557 g/mol. The molecule has 0 rings (SSSR count). The van der Waals surface area contributed by atoms with Crippen molar-refractivity contribution in [1.29, 1.82) is 0 Å². The minimum absolute atomic E-state index is 0.0868. The number of phosphoric acid groups is 1. The highest BCUT2D eigenvalue weighted by atomic mass is 31.2. The summed E-state index contributed by atoms with van der Waals surface area (Å²) in [5.74, 6) is -0.546. The first-order valence-electron chi connectivity index (χ1n) is 17.0. The van der Waals surface area contributed by atoms with Crippen molar-refractivity contribution in [2.75, 3.05) is 26.4 Å². The van der Waals surface area contributed by atoms with E-state index in [1.54, 1.807) is 0 Å². The van der Waals surface area contributed by atoms with Crippen LogP contribution in [0.25, 0.3) is 0 Å². The van der Waals surface area contributed by atoms with E-state index in [-0.39, 0.29) is 32.1 Å².